The molecule has 4 rings (SSSR count). The summed E-state index contributed by atoms with van der Waals surface area (Å²) < 4.78 is 6.15. The number of piperidine rings is 1. The Morgan fingerprint density at radius 3 is 2.32 bits per heavy atom. The number of likely N-dealkylation sites (tertiary alicyclic amines) is 1. The molecule has 1 saturated carbocycles. The summed E-state index contributed by atoms with van der Waals surface area (Å²) in [4.78, 5) is 15.1. The molecular weight excluding hydrogens is 350 g/mol. The number of hydrogen-bond acceptors (Lipinski definition) is 4. The van der Waals surface area contributed by atoms with E-state index in [4.69, 9.17) is 4.74 Å². The van der Waals surface area contributed by atoms with Gasteiger partial charge in [-0.2, -0.15) is 0 Å². The van der Waals surface area contributed by atoms with Crippen LogP contribution in [0.5, 0.6) is 5.75 Å². The van der Waals surface area contributed by atoms with E-state index in [-0.39, 0.29) is 12.0 Å². The van der Waals surface area contributed by atoms with Crippen LogP contribution in [0.4, 0.5) is 11.4 Å². The van der Waals surface area contributed by atoms with Crippen LogP contribution in [-0.4, -0.2) is 43.6 Å². The van der Waals surface area contributed by atoms with Gasteiger partial charge in [0.15, 0.2) is 0 Å². The number of carbonyl (C=O) groups excluding carboxylic acids is 1. The molecule has 2 aromatic carbocycles. The lowest BCUT2D eigenvalue weighted by atomic mass is 10.1. The number of para-hydroxylation sites is 2. The van der Waals surface area contributed by atoms with Gasteiger partial charge >= 0.3 is 0 Å². The van der Waals surface area contributed by atoms with E-state index in [0.717, 1.165) is 49.0 Å². The molecule has 0 aromatic heterocycles. The average molecular weight is 380 g/mol. The number of nitrogens with zero attached hydrogens (tertiary/aromatic N) is 1. The molecule has 2 N–H and O–H groups in total. The minimum Gasteiger partial charge on any atom is -0.490 e. The third kappa shape index (κ3) is 4.84. The van der Waals surface area contributed by atoms with Crippen LogP contribution in [0, 0.1) is 5.92 Å². The standard InChI is InChI=1S/C23H29N3O2/c1-24-21-4-2-3-5-22(21)25-23(27)18-8-10-19(11-9-18)28-20-12-14-26(15-13-20)16-17-6-7-17/h2-5,8-11,17,20,24H,6-7,12-16H2,1H3,(H,25,27). The Hall–Kier alpha value is -2.53. The second-order valence-electron chi connectivity index (χ2n) is 7.84. The van der Waals surface area contributed by atoms with Crippen molar-refractivity contribution in [2.45, 2.75) is 31.8 Å². The first kappa shape index (κ1) is 18.8. The van der Waals surface area contributed by atoms with Crippen LogP contribution < -0.4 is 15.4 Å². The Balaban J connectivity index is 1.29. The summed E-state index contributed by atoms with van der Waals surface area (Å²) in [6, 6.07) is 15.1. The van der Waals surface area contributed by atoms with Crippen molar-refractivity contribution in [3.8, 4) is 5.75 Å². The Labute approximate surface area is 167 Å². The zero-order valence-corrected chi connectivity index (χ0v) is 16.5. The molecule has 0 unspecified atom stereocenters. The molecule has 1 aliphatic carbocycles. The lowest BCUT2D eigenvalue weighted by Crippen LogP contribution is -2.39. The average Bonchev–Trinajstić information content (AvgIpc) is 3.54. The van der Waals surface area contributed by atoms with Crippen molar-refractivity contribution in [2.75, 3.05) is 37.3 Å². The Morgan fingerprint density at radius 2 is 1.68 bits per heavy atom. The van der Waals surface area contributed by atoms with Crippen molar-refractivity contribution in [3.05, 3.63) is 54.1 Å². The minimum absolute atomic E-state index is 0.123. The maximum atomic E-state index is 12.5. The molecule has 148 valence electrons. The Morgan fingerprint density at radius 1 is 1.00 bits per heavy atom. The summed E-state index contributed by atoms with van der Waals surface area (Å²) >= 11 is 0. The van der Waals surface area contributed by atoms with E-state index >= 15 is 0 Å². The first-order chi connectivity index (χ1) is 13.7. The van der Waals surface area contributed by atoms with Gasteiger partial charge in [0.25, 0.3) is 5.91 Å². The second-order valence-corrected chi connectivity index (χ2v) is 7.84. The SMILES string of the molecule is CNc1ccccc1NC(=O)c1ccc(OC2CCN(CC3CC3)CC2)cc1. The first-order valence-electron chi connectivity index (χ1n) is 10.3. The van der Waals surface area contributed by atoms with E-state index in [2.05, 4.69) is 15.5 Å². The van der Waals surface area contributed by atoms with Crippen molar-refractivity contribution in [2.24, 2.45) is 5.92 Å². The molecule has 0 atom stereocenters. The molecule has 28 heavy (non-hydrogen) atoms. The van der Waals surface area contributed by atoms with Crippen molar-refractivity contribution in [1.82, 2.24) is 4.90 Å². The fourth-order valence-electron chi connectivity index (χ4n) is 3.76. The molecule has 2 aromatic rings. The zero-order valence-electron chi connectivity index (χ0n) is 16.5. The van der Waals surface area contributed by atoms with E-state index in [0.29, 0.717) is 5.56 Å². The van der Waals surface area contributed by atoms with E-state index in [1.807, 2.05) is 55.6 Å². The Kier molecular flexibility index (Phi) is 5.81. The summed E-state index contributed by atoms with van der Waals surface area (Å²) in [5.74, 6) is 1.67. The summed E-state index contributed by atoms with van der Waals surface area (Å²) in [6.07, 6.45) is 5.26. The molecule has 0 bridgehead atoms. The second kappa shape index (κ2) is 8.65. The summed E-state index contributed by atoms with van der Waals surface area (Å²) in [7, 11) is 1.84. The predicted octanol–water partition coefficient (Wildman–Crippen LogP) is 4.23. The number of anilines is 2. The molecule has 5 nitrogen and oxygen atoms in total. The lowest BCUT2D eigenvalue weighted by Gasteiger charge is -2.32. The van der Waals surface area contributed by atoms with Crippen molar-refractivity contribution in [1.29, 1.82) is 0 Å². The van der Waals surface area contributed by atoms with Crippen LogP contribution in [0.3, 0.4) is 0 Å². The zero-order chi connectivity index (χ0) is 19.3. The monoisotopic (exact) mass is 379 g/mol. The van der Waals surface area contributed by atoms with Gasteiger partial charge in [0.2, 0.25) is 0 Å². The van der Waals surface area contributed by atoms with E-state index < -0.39 is 0 Å². The van der Waals surface area contributed by atoms with E-state index in [1.165, 1.54) is 19.4 Å². The maximum absolute atomic E-state index is 12.5. The highest BCUT2D eigenvalue weighted by Crippen LogP contribution is 2.31. The number of ether oxygens (including phenoxy) is 1. The summed E-state index contributed by atoms with van der Waals surface area (Å²) in [5.41, 5.74) is 2.29. The molecule has 0 radical (unpaired) electrons. The van der Waals surface area contributed by atoms with E-state index in [9.17, 15) is 4.79 Å². The minimum atomic E-state index is -0.123. The molecule has 1 amide bonds. The normalized spacial score (nSPS) is 17.9. The number of benzene rings is 2. The molecule has 1 aliphatic heterocycles. The van der Waals surface area contributed by atoms with Crippen LogP contribution >= 0.6 is 0 Å². The van der Waals surface area contributed by atoms with Gasteiger partial charge in [0, 0.05) is 32.2 Å². The Bertz CT molecular complexity index is 794. The molecule has 0 spiro atoms. The number of amides is 1. The van der Waals surface area contributed by atoms with Crippen LogP contribution in [-0.2, 0) is 0 Å². The first-order valence-corrected chi connectivity index (χ1v) is 10.3. The van der Waals surface area contributed by atoms with Gasteiger partial charge in [0.1, 0.15) is 11.9 Å². The fourth-order valence-corrected chi connectivity index (χ4v) is 3.76. The van der Waals surface area contributed by atoms with E-state index in [1.54, 1.807) is 0 Å². The number of rotatable bonds is 7. The van der Waals surface area contributed by atoms with Gasteiger partial charge in [-0.25, -0.2) is 0 Å². The van der Waals surface area contributed by atoms with Gasteiger partial charge in [0.05, 0.1) is 11.4 Å². The highest BCUT2D eigenvalue weighted by molar-refractivity contribution is 6.05. The smallest absolute Gasteiger partial charge is 0.255 e. The highest BCUT2D eigenvalue weighted by atomic mass is 16.5. The lowest BCUT2D eigenvalue weighted by molar-refractivity contribution is 0.0979. The number of hydrogen-bond donors (Lipinski definition) is 2. The third-order valence-corrected chi connectivity index (χ3v) is 5.61. The molecule has 2 aliphatic rings. The summed E-state index contributed by atoms with van der Waals surface area (Å²) in [5, 5.41) is 6.04. The topological polar surface area (TPSA) is 53.6 Å². The summed E-state index contributed by atoms with van der Waals surface area (Å²) in [6.45, 7) is 3.53. The molecule has 2 fully saturated rings. The number of nitrogens with one attached hydrogen (secondary N) is 2. The van der Waals surface area contributed by atoms with Crippen molar-refractivity contribution < 1.29 is 9.53 Å². The van der Waals surface area contributed by atoms with Gasteiger partial charge in [-0.15, -0.1) is 0 Å². The fraction of sp³-hybridized carbons (Fsp3) is 0.435. The number of carbonyl (C=O) groups is 1. The predicted molar refractivity (Wildman–Crippen MR) is 113 cm³/mol. The van der Waals surface area contributed by atoms with Crippen LogP contribution in [0.1, 0.15) is 36.0 Å². The van der Waals surface area contributed by atoms with Gasteiger partial charge in [-0.3, -0.25) is 4.79 Å². The highest BCUT2D eigenvalue weighted by Gasteiger charge is 2.27. The van der Waals surface area contributed by atoms with Crippen LogP contribution in [0.25, 0.3) is 0 Å². The van der Waals surface area contributed by atoms with Crippen molar-refractivity contribution >= 4 is 17.3 Å². The largest absolute Gasteiger partial charge is 0.490 e. The third-order valence-electron chi connectivity index (χ3n) is 5.61. The molecule has 1 heterocycles. The van der Waals surface area contributed by atoms with Gasteiger partial charge in [-0.05, 0) is 68.0 Å². The quantitative estimate of drug-likeness (QED) is 0.756. The maximum Gasteiger partial charge on any atom is 0.255 e. The van der Waals surface area contributed by atoms with Crippen molar-refractivity contribution in [3.63, 3.8) is 0 Å². The van der Waals surface area contributed by atoms with Crippen LogP contribution in [0.15, 0.2) is 48.5 Å². The molecule has 5 heteroatoms. The van der Waals surface area contributed by atoms with Gasteiger partial charge in [-0.1, -0.05) is 12.1 Å². The van der Waals surface area contributed by atoms with Crippen LogP contribution in [0.2, 0.25) is 0 Å². The molecule has 1 saturated heterocycles. The molecular formula is C23H29N3O2. The van der Waals surface area contributed by atoms with Gasteiger partial charge < -0.3 is 20.3 Å².